The van der Waals surface area contributed by atoms with Crippen LogP contribution in [0.4, 0.5) is 4.39 Å². The maximum Gasteiger partial charge on any atom is 0.332 e. The number of nitriles is 1. The smallest absolute Gasteiger partial charge is 0.280 e. The van der Waals surface area contributed by atoms with Gasteiger partial charge >= 0.3 is 5.69 Å². The first-order valence-electron chi connectivity index (χ1n) is 7.13. The lowest BCUT2D eigenvalue weighted by Crippen LogP contribution is -2.37. The van der Waals surface area contributed by atoms with Crippen LogP contribution >= 0.6 is 0 Å². The van der Waals surface area contributed by atoms with E-state index in [-0.39, 0.29) is 16.6 Å². The fraction of sp³-hybridized carbons (Fsp3) is 0.176. The van der Waals surface area contributed by atoms with Crippen LogP contribution in [-0.4, -0.2) is 14.1 Å². The maximum atomic E-state index is 13.2. The molecular weight excluding hydrogens is 311 g/mol. The van der Waals surface area contributed by atoms with Gasteiger partial charge in [0.05, 0.1) is 16.6 Å². The largest absolute Gasteiger partial charge is 0.332 e. The topological polar surface area (TPSA) is 80.7 Å². The van der Waals surface area contributed by atoms with Crippen LogP contribution in [0.15, 0.2) is 33.9 Å². The van der Waals surface area contributed by atoms with Crippen LogP contribution in [0.2, 0.25) is 0 Å². The number of aryl methyl sites for hydroxylation is 2. The summed E-state index contributed by atoms with van der Waals surface area (Å²) in [6.45, 7) is 1.63. The summed E-state index contributed by atoms with van der Waals surface area (Å²) in [5.74, 6) is -0.423. The molecule has 0 fully saturated rings. The molecule has 120 valence electrons. The van der Waals surface area contributed by atoms with Gasteiger partial charge in [-0.3, -0.25) is 13.9 Å². The Hall–Kier alpha value is -3.27. The van der Waals surface area contributed by atoms with Crippen molar-refractivity contribution in [2.24, 2.45) is 14.1 Å². The second kappa shape index (κ2) is 5.42. The third-order valence-electron chi connectivity index (χ3n) is 4.01. The average Bonchev–Trinajstić information content (AvgIpc) is 2.57. The van der Waals surface area contributed by atoms with Crippen LogP contribution in [0.5, 0.6) is 0 Å². The molecule has 0 saturated heterocycles. The number of nitrogens with zero attached hydrogens (tertiary/aromatic N) is 4. The van der Waals surface area contributed by atoms with E-state index in [4.69, 9.17) is 0 Å². The van der Waals surface area contributed by atoms with E-state index in [1.165, 1.54) is 42.9 Å². The number of fused-ring (bicyclic) bond motifs is 1. The molecule has 0 saturated carbocycles. The van der Waals surface area contributed by atoms with Crippen LogP contribution < -0.4 is 11.2 Å². The van der Waals surface area contributed by atoms with Gasteiger partial charge in [-0.2, -0.15) is 5.26 Å². The van der Waals surface area contributed by atoms with E-state index in [9.17, 15) is 19.2 Å². The molecule has 2 heterocycles. The Labute approximate surface area is 136 Å². The van der Waals surface area contributed by atoms with Crippen molar-refractivity contribution in [2.75, 3.05) is 0 Å². The third-order valence-corrected chi connectivity index (χ3v) is 4.01. The maximum absolute atomic E-state index is 13.2. The van der Waals surface area contributed by atoms with Crippen LogP contribution in [0.3, 0.4) is 0 Å². The molecule has 7 heteroatoms. The minimum Gasteiger partial charge on any atom is -0.280 e. The average molecular weight is 324 g/mol. The molecule has 6 nitrogen and oxygen atoms in total. The predicted octanol–water partition coefficient (Wildman–Crippen LogP) is 1.62. The molecule has 3 rings (SSSR count). The van der Waals surface area contributed by atoms with Crippen molar-refractivity contribution in [3.8, 4) is 17.2 Å². The molecular formula is C17H13FN4O2. The lowest BCUT2D eigenvalue weighted by atomic mass is 9.96. The number of aromatic nitrogens is 3. The molecule has 2 aromatic heterocycles. The summed E-state index contributed by atoms with van der Waals surface area (Å²) in [6, 6.07) is 7.56. The molecule has 0 atom stereocenters. The third kappa shape index (κ3) is 2.12. The summed E-state index contributed by atoms with van der Waals surface area (Å²) in [6.07, 6.45) is 0. The van der Waals surface area contributed by atoms with Gasteiger partial charge in [0.25, 0.3) is 5.56 Å². The molecule has 0 spiro atoms. The predicted molar refractivity (Wildman–Crippen MR) is 87.1 cm³/mol. The van der Waals surface area contributed by atoms with Crippen molar-refractivity contribution in [3.63, 3.8) is 0 Å². The number of benzene rings is 1. The summed E-state index contributed by atoms with van der Waals surface area (Å²) in [4.78, 5) is 29.1. The molecule has 3 aromatic rings. The van der Waals surface area contributed by atoms with E-state index in [1.807, 2.05) is 0 Å². The Balaban J connectivity index is 2.65. The Bertz CT molecular complexity index is 1140. The van der Waals surface area contributed by atoms with Crippen LogP contribution in [0.1, 0.15) is 11.3 Å². The van der Waals surface area contributed by atoms with E-state index in [0.29, 0.717) is 16.8 Å². The molecule has 0 bridgehead atoms. The zero-order chi connectivity index (χ0) is 17.6. The molecule has 0 aliphatic rings. The summed E-state index contributed by atoms with van der Waals surface area (Å²) in [7, 11) is 2.88. The highest BCUT2D eigenvalue weighted by Gasteiger charge is 2.20. The van der Waals surface area contributed by atoms with Crippen LogP contribution in [0, 0.1) is 24.1 Å². The Morgan fingerprint density at radius 2 is 1.75 bits per heavy atom. The molecule has 0 N–H and O–H groups in total. The Morgan fingerprint density at radius 3 is 2.33 bits per heavy atom. The molecule has 0 aliphatic carbocycles. The monoisotopic (exact) mass is 324 g/mol. The van der Waals surface area contributed by atoms with Gasteiger partial charge in [-0.05, 0) is 24.6 Å². The Kier molecular flexibility index (Phi) is 3.53. The van der Waals surface area contributed by atoms with E-state index in [2.05, 4.69) is 11.1 Å². The van der Waals surface area contributed by atoms with Gasteiger partial charge < -0.3 is 0 Å². The zero-order valence-corrected chi connectivity index (χ0v) is 13.3. The molecule has 0 unspecified atom stereocenters. The van der Waals surface area contributed by atoms with Crippen LogP contribution in [-0.2, 0) is 14.1 Å². The number of halogens is 1. The van der Waals surface area contributed by atoms with E-state index in [0.717, 1.165) is 4.57 Å². The van der Waals surface area contributed by atoms with Gasteiger partial charge in [-0.1, -0.05) is 12.1 Å². The summed E-state index contributed by atoms with van der Waals surface area (Å²) in [5.41, 5.74) is 0.636. The first-order valence-corrected chi connectivity index (χ1v) is 7.13. The standard InChI is InChI=1S/C17H13FN4O2/c1-9-12(8-19)13(10-4-6-11(18)7-5-10)14-15(20-9)21(2)17(24)22(3)16(14)23/h4-7H,1-3H3. The van der Waals surface area contributed by atoms with Gasteiger partial charge in [0.1, 0.15) is 17.5 Å². The minimum absolute atomic E-state index is 0.161. The van der Waals surface area contributed by atoms with Gasteiger partial charge in [0, 0.05) is 19.7 Å². The van der Waals surface area contributed by atoms with E-state index < -0.39 is 17.1 Å². The van der Waals surface area contributed by atoms with E-state index in [1.54, 1.807) is 6.92 Å². The summed E-state index contributed by atoms with van der Waals surface area (Å²) >= 11 is 0. The number of rotatable bonds is 1. The summed E-state index contributed by atoms with van der Waals surface area (Å²) in [5, 5.41) is 9.68. The van der Waals surface area contributed by atoms with E-state index >= 15 is 0 Å². The van der Waals surface area contributed by atoms with Crippen molar-refractivity contribution in [1.82, 2.24) is 14.1 Å². The first kappa shape index (κ1) is 15.6. The molecule has 0 radical (unpaired) electrons. The van der Waals surface area contributed by atoms with Crippen molar-refractivity contribution in [2.45, 2.75) is 6.92 Å². The molecule has 0 aliphatic heterocycles. The van der Waals surface area contributed by atoms with Crippen LogP contribution in [0.25, 0.3) is 22.2 Å². The van der Waals surface area contributed by atoms with Crippen molar-refractivity contribution in [3.05, 3.63) is 62.2 Å². The van der Waals surface area contributed by atoms with Gasteiger partial charge in [-0.25, -0.2) is 14.2 Å². The second-order valence-electron chi connectivity index (χ2n) is 5.47. The fourth-order valence-electron chi connectivity index (χ4n) is 2.75. The fourth-order valence-corrected chi connectivity index (χ4v) is 2.75. The highest BCUT2D eigenvalue weighted by atomic mass is 19.1. The van der Waals surface area contributed by atoms with Gasteiger partial charge in [0.15, 0.2) is 0 Å². The van der Waals surface area contributed by atoms with Crippen molar-refractivity contribution >= 4 is 11.0 Å². The zero-order valence-electron chi connectivity index (χ0n) is 13.3. The van der Waals surface area contributed by atoms with Crippen molar-refractivity contribution in [1.29, 1.82) is 5.26 Å². The lowest BCUT2D eigenvalue weighted by Gasteiger charge is -2.14. The highest BCUT2D eigenvalue weighted by Crippen LogP contribution is 2.30. The highest BCUT2D eigenvalue weighted by molar-refractivity contribution is 5.95. The summed E-state index contributed by atoms with van der Waals surface area (Å²) < 4.78 is 15.5. The van der Waals surface area contributed by atoms with Crippen molar-refractivity contribution < 1.29 is 4.39 Å². The van der Waals surface area contributed by atoms with Gasteiger partial charge in [-0.15, -0.1) is 0 Å². The lowest BCUT2D eigenvalue weighted by molar-refractivity contribution is 0.628. The normalized spacial score (nSPS) is 10.8. The molecule has 0 amide bonds. The quantitative estimate of drug-likeness (QED) is 0.681. The second-order valence-corrected chi connectivity index (χ2v) is 5.47. The number of hydrogen-bond donors (Lipinski definition) is 0. The molecule has 1 aromatic carbocycles. The minimum atomic E-state index is -0.545. The number of pyridine rings is 1. The van der Waals surface area contributed by atoms with Gasteiger partial charge in [0.2, 0.25) is 0 Å². The molecule has 24 heavy (non-hydrogen) atoms. The Morgan fingerprint density at radius 1 is 1.12 bits per heavy atom. The SMILES string of the molecule is Cc1nc2c(c(-c3ccc(F)cc3)c1C#N)c(=O)n(C)c(=O)n2C. The number of hydrogen-bond acceptors (Lipinski definition) is 4. The first-order chi connectivity index (χ1) is 11.4.